The molecule has 0 aromatic heterocycles. The minimum atomic E-state index is -0.272. The van der Waals surface area contributed by atoms with Gasteiger partial charge in [-0.1, -0.05) is 12.1 Å². The zero-order valence-corrected chi connectivity index (χ0v) is 9.15. The molecular weight excluding hydrogens is 177 g/mol. The highest BCUT2D eigenvalue weighted by atomic mass is 16.6. The van der Waals surface area contributed by atoms with Gasteiger partial charge < -0.3 is 14.2 Å². The van der Waals surface area contributed by atoms with Crippen molar-refractivity contribution in [2.45, 2.75) is 0 Å². The summed E-state index contributed by atoms with van der Waals surface area (Å²) in [5.74, 6) is 0. The molecule has 0 bridgehead atoms. The molecule has 3 nitrogen and oxygen atoms in total. The maximum Gasteiger partial charge on any atom is 0.493 e. The lowest BCUT2D eigenvalue weighted by Gasteiger charge is -2.14. The molecule has 0 saturated heterocycles. The molecule has 0 aliphatic heterocycles. The van der Waals surface area contributed by atoms with Crippen LogP contribution in [0.3, 0.4) is 0 Å². The average Bonchev–Trinajstić information content (AvgIpc) is 2.20. The van der Waals surface area contributed by atoms with E-state index in [0.717, 1.165) is 5.46 Å². The number of anilines is 1. The van der Waals surface area contributed by atoms with Crippen LogP contribution in [0.2, 0.25) is 0 Å². The molecule has 0 fully saturated rings. The van der Waals surface area contributed by atoms with E-state index >= 15 is 0 Å². The lowest BCUT2D eigenvalue weighted by molar-refractivity contribution is 0.292. The first kappa shape index (κ1) is 11.1. The summed E-state index contributed by atoms with van der Waals surface area (Å²) in [6, 6.07) is 8.10. The molecule has 1 rings (SSSR count). The van der Waals surface area contributed by atoms with Gasteiger partial charge in [-0.3, -0.25) is 0 Å². The third kappa shape index (κ3) is 2.50. The summed E-state index contributed by atoms with van der Waals surface area (Å²) >= 11 is 0. The number of hydrogen-bond acceptors (Lipinski definition) is 3. The molecule has 14 heavy (non-hydrogen) atoms. The van der Waals surface area contributed by atoms with Crippen molar-refractivity contribution < 1.29 is 9.31 Å². The van der Waals surface area contributed by atoms with Crippen LogP contribution in [0.5, 0.6) is 0 Å². The van der Waals surface area contributed by atoms with Crippen LogP contribution in [-0.2, 0) is 9.31 Å². The number of benzene rings is 1. The van der Waals surface area contributed by atoms with Gasteiger partial charge in [-0.2, -0.15) is 0 Å². The first-order valence-corrected chi connectivity index (χ1v) is 4.52. The van der Waals surface area contributed by atoms with Gasteiger partial charge in [0, 0.05) is 34.0 Å². The Bertz CT molecular complexity index is 270. The van der Waals surface area contributed by atoms with Gasteiger partial charge in [-0.15, -0.1) is 0 Å². The van der Waals surface area contributed by atoms with Crippen LogP contribution in [0.1, 0.15) is 0 Å². The van der Waals surface area contributed by atoms with Crippen molar-refractivity contribution in [3.05, 3.63) is 24.3 Å². The molecule has 0 saturated carbocycles. The molecule has 76 valence electrons. The van der Waals surface area contributed by atoms with Gasteiger partial charge in [0.05, 0.1) is 0 Å². The van der Waals surface area contributed by atoms with E-state index in [2.05, 4.69) is 4.90 Å². The highest BCUT2D eigenvalue weighted by molar-refractivity contribution is 6.61. The smallest absolute Gasteiger partial charge is 0.410 e. The van der Waals surface area contributed by atoms with E-state index in [4.69, 9.17) is 9.31 Å². The van der Waals surface area contributed by atoms with Crippen LogP contribution < -0.4 is 10.4 Å². The fourth-order valence-corrected chi connectivity index (χ4v) is 1.30. The number of hydrogen-bond donors (Lipinski definition) is 0. The van der Waals surface area contributed by atoms with Crippen molar-refractivity contribution in [3.63, 3.8) is 0 Å². The van der Waals surface area contributed by atoms with E-state index in [1.165, 1.54) is 5.69 Å². The molecule has 0 aliphatic carbocycles. The van der Waals surface area contributed by atoms with Gasteiger partial charge >= 0.3 is 7.12 Å². The summed E-state index contributed by atoms with van der Waals surface area (Å²) in [5, 5.41) is 0. The van der Waals surface area contributed by atoms with Crippen molar-refractivity contribution in [2.24, 2.45) is 0 Å². The molecule has 0 unspecified atom stereocenters. The van der Waals surface area contributed by atoms with Crippen molar-refractivity contribution in [1.29, 1.82) is 0 Å². The lowest BCUT2D eigenvalue weighted by Crippen LogP contribution is -2.34. The predicted octanol–water partition coefficient (Wildman–Crippen LogP) is 0.741. The van der Waals surface area contributed by atoms with E-state index in [1.54, 1.807) is 14.2 Å². The van der Waals surface area contributed by atoms with Crippen molar-refractivity contribution in [1.82, 2.24) is 0 Å². The van der Waals surface area contributed by atoms with Crippen LogP contribution in [0, 0.1) is 0 Å². The van der Waals surface area contributed by atoms with Crippen LogP contribution >= 0.6 is 0 Å². The quantitative estimate of drug-likeness (QED) is 0.658. The van der Waals surface area contributed by atoms with Crippen molar-refractivity contribution in [3.8, 4) is 0 Å². The second-order valence-corrected chi connectivity index (χ2v) is 3.29. The highest BCUT2D eigenvalue weighted by Crippen LogP contribution is 2.07. The SMILES string of the molecule is COB(OC)c1ccc(N(C)C)cc1. The zero-order chi connectivity index (χ0) is 10.6. The maximum atomic E-state index is 5.15. The Labute approximate surface area is 85.8 Å². The molecule has 0 aliphatic rings. The molecule has 0 spiro atoms. The fourth-order valence-electron chi connectivity index (χ4n) is 1.30. The monoisotopic (exact) mass is 193 g/mol. The van der Waals surface area contributed by atoms with Gasteiger partial charge in [0.1, 0.15) is 0 Å². The normalized spacial score (nSPS) is 10.0. The summed E-state index contributed by atoms with van der Waals surface area (Å²) in [5.41, 5.74) is 2.19. The Morgan fingerprint density at radius 1 is 1.00 bits per heavy atom. The van der Waals surface area contributed by atoms with E-state index < -0.39 is 0 Å². The Hall–Kier alpha value is -0.995. The molecule has 0 amide bonds. The van der Waals surface area contributed by atoms with Crippen molar-refractivity contribution >= 4 is 18.3 Å². The molecule has 1 aromatic carbocycles. The largest absolute Gasteiger partial charge is 0.493 e. The van der Waals surface area contributed by atoms with E-state index in [1.807, 2.05) is 38.4 Å². The molecule has 0 radical (unpaired) electrons. The summed E-state index contributed by atoms with van der Waals surface area (Å²) in [4.78, 5) is 2.05. The van der Waals surface area contributed by atoms with Crippen LogP contribution in [0.15, 0.2) is 24.3 Å². The summed E-state index contributed by atoms with van der Waals surface area (Å²) in [6.07, 6.45) is 0. The van der Waals surface area contributed by atoms with Gasteiger partial charge in [-0.05, 0) is 17.6 Å². The standard InChI is InChI=1S/C10H16BNO2/c1-12(2)10-7-5-9(6-8-10)11(13-3)14-4/h5-8H,1-4H3. The zero-order valence-electron chi connectivity index (χ0n) is 9.15. The second kappa shape index (κ2) is 5.03. The predicted molar refractivity (Wildman–Crippen MR) is 60.2 cm³/mol. The summed E-state index contributed by atoms with van der Waals surface area (Å²) < 4.78 is 10.3. The Kier molecular flexibility index (Phi) is 3.98. The molecule has 4 heteroatoms. The Morgan fingerprint density at radius 3 is 1.86 bits per heavy atom. The van der Waals surface area contributed by atoms with E-state index in [9.17, 15) is 0 Å². The molecule has 0 atom stereocenters. The van der Waals surface area contributed by atoms with Gasteiger partial charge in [0.15, 0.2) is 0 Å². The second-order valence-electron chi connectivity index (χ2n) is 3.29. The van der Waals surface area contributed by atoms with Crippen molar-refractivity contribution in [2.75, 3.05) is 33.2 Å². The topological polar surface area (TPSA) is 21.7 Å². The van der Waals surface area contributed by atoms with E-state index in [0.29, 0.717) is 0 Å². The number of rotatable bonds is 4. The van der Waals surface area contributed by atoms with Crippen LogP contribution in [0.25, 0.3) is 0 Å². The summed E-state index contributed by atoms with van der Waals surface area (Å²) in [7, 11) is 7.02. The van der Waals surface area contributed by atoms with Gasteiger partial charge in [-0.25, -0.2) is 0 Å². The fraction of sp³-hybridized carbons (Fsp3) is 0.400. The number of nitrogens with zero attached hydrogens (tertiary/aromatic N) is 1. The molecule has 1 aromatic rings. The lowest BCUT2D eigenvalue weighted by atomic mass is 9.79. The van der Waals surface area contributed by atoms with Gasteiger partial charge in [0.25, 0.3) is 0 Å². The highest BCUT2D eigenvalue weighted by Gasteiger charge is 2.17. The van der Waals surface area contributed by atoms with Gasteiger partial charge in [0.2, 0.25) is 0 Å². The third-order valence-corrected chi connectivity index (χ3v) is 2.11. The molecular formula is C10H16BNO2. The third-order valence-electron chi connectivity index (χ3n) is 2.11. The van der Waals surface area contributed by atoms with E-state index in [-0.39, 0.29) is 7.12 Å². The maximum absolute atomic E-state index is 5.15. The summed E-state index contributed by atoms with van der Waals surface area (Å²) in [6.45, 7) is 0. The molecule has 0 N–H and O–H groups in total. The van der Waals surface area contributed by atoms with Crippen LogP contribution in [0.4, 0.5) is 5.69 Å². The minimum absolute atomic E-state index is 0.272. The minimum Gasteiger partial charge on any atom is -0.410 e. The first-order chi connectivity index (χ1) is 6.69. The molecule has 0 heterocycles. The Balaban J connectivity index is 2.81. The Morgan fingerprint density at radius 2 is 1.50 bits per heavy atom. The first-order valence-electron chi connectivity index (χ1n) is 4.52. The van der Waals surface area contributed by atoms with Crippen LogP contribution in [-0.4, -0.2) is 35.4 Å². The average molecular weight is 193 g/mol.